The molecule has 0 bridgehead atoms. The second-order valence-corrected chi connectivity index (χ2v) is 6.82. The molecule has 18 heavy (non-hydrogen) atoms. The van der Waals surface area contributed by atoms with E-state index in [0.717, 1.165) is 0 Å². The predicted octanol–water partition coefficient (Wildman–Crippen LogP) is 5.26. The summed E-state index contributed by atoms with van der Waals surface area (Å²) in [5.74, 6) is 0. The van der Waals surface area contributed by atoms with Crippen LogP contribution in [0.2, 0.25) is 0 Å². The standard InChI is InChI=1S/C17H19Cl/c1-17(2,3)16(18)14-10-9-12-8-7-11-5-4-6-13(14)15(11)12/h4-6,9-10,16H,7-8H2,1-3H3. The van der Waals surface area contributed by atoms with E-state index in [1.54, 1.807) is 0 Å². The summed E-state index contributed by atoms with van der Waals surface area (Å²) in [4.78, 5) is 0. The van der Waals surface area contributed by atoms with Crippen LogP contribution in [0.4, 0.5) is 0 Å². The van der Waals surface area contributed by atoms with Crippen molar-refractivity contribution in [2.24, 2.45) is 5.41 Å². The van der Waals surface area contributed by atoms with Crippen molar-refractivity contribution in [2.75, 3.05) is 0 Å². The normalized spacial score (nSPS) is 16.2. The smallest absolute Gasteiger partial charge is 0.0639 e. The van der Waals surface area contributed by atoms with Crippen LogP contribution in [0.1, 0.15) is 42.8 Å². The molecule has 0 aliphatic heterocycles. The second kappa shape index (κ2) is 3.99. The molecule has 1 aliphatic rings. The fraction of sp³-hybridized carbons (Fsp3) is 0.412. The van der Waals surface area contributed by atoms with Gasteiger partial charge in [0.2, 0.25) is 0 Å². The van der Waals surface area contributed by atoms with Crippen LogP contribution < -0.4 is 0 Å². The lowest BCUT2D eigenvalue weighted by atomic mass is 9.85. The summed E-state index contributed by atoms with van der Waals surface area (Å²) in [6.07, 6.45) is 2.36. The molecule has 2 aromatic carbocycles. The van der Waals surface area contributed by atoms with E-state index in [2.05, 4.69) is 51.1 Å². The third-order valence-electron chi connectivity index (χ3n) is 3.94. The van der Waals surface area contributed by atoms with E-state index in [0.29, 0.717) is 0 Å². The van der Waals surface area contributed by atoms with Gasteiger partial charge in [-0.1, -0.05) is 51.1 Å². The first kappa shape index (κ1) is 12.0. The number of hydrogen-bond donors (Lipinski definition) is 0. The van der Waals surface area contributed by atoms with Crippen molar-refractivity contribution in [3.05, 3.63) is 47.0 Å². The zero-order valence-corrected chi connectivity index (χ0v) is 12.0. The van der Waals surface area contributed by atoms with Crippen molar-refractivity contribution in [3.63, 3.8) is 0 Å². The van der Waals surface area contributed by atoms with Gasteiger partial charge in [0, 0.05) is 0 Å². The third-order valence-corrected chi connectivity index (χ3v) is 4.83. The summed E-state index contributed by atoms with van der Waals surface area (Å²) in [5.41, 5.74) is 4.34. The number of benzene rings is 2. The minimum Gasteiger partial charge on any atom is -0.117 e. The molecular weight excluding hydrogens is 240 g/mol. The molecule has 3 rings (SSSR count). The minimum absolute atomic E-state index is 0.0578. The Kier molecular flexibility index (Phi) is 2.67. The molecule has 0 spiro atoms. The van der Waals surface area contributed by atoms with Gasteiger partial charge in [0.25, 0.3) is 0 Å². The van der Waals surface area contributed by atoms with E-state index in [9.17, 15) is 0 Å². The summed E-state index contributed by atoms with van der Waals surface area (Å²) in [6, 6.07) is 11.2. The van der Waals surface area contributed by atoms with Crippen LogP contribution in [0.5, 0.6) is 0 Å². The molecule has 2 aromatic rings. The van der Waals surface area contributed by atoms with Gasteiger partial charge < -0.3 is 0 Å². The SMILES string of the molecule is CC(C)(C)C(Cl)c1ccc2c3c(cccc13)CC2. The lowest BCUT2D eigenvalue weighted by molar-refractivity contribution is 0.397. The Morgan fingerprint density at radius 3 is 2.33 bits per heavy atom. The van der Waals surface area contributed by atoms with Crippen LogP contribution in [-0.4, -0.2) is 0 Å². The number of halogens is 1. The fourth-order valence-corrected chi connectivity index (χ4v) is 3.15. The van der Waals surface area contributed by atoms with Gasteiger partial charge in [-0.25, -0.2) is 0 Å². The van der Waals surface area contributed by atoms with Crippen LogP contribution in [-0.2, 0) is 12.8 Å². The lowest BCUT2D eigenvalue weighted by Crippen LogP contribution is -2.13. The summed E-state index contributed by atoms with van der Waals surface area (Å²) >= 11 is 6.69. The summed E-state index contributed by atoms with van der Waals surface area (Å²) < 4.78 is 0. The van der Waals surface area contributed by atoms with Crippen molar-refractivity contribution in [2.45, 2.75) is 39.0 Å². The van der Waals surface area contributed by atoms with Gasteiger partial charge in [-0.05, 0) is 45.7 Å². The highest BCUT2D eigenvalue weighted by Crippen LogP contribution is 2.43. The number of rotatable bonds is 1. The van der Waals surface area contributed by atoms with E-state index in [1.165, 1.54) is 40.3 Å². The number of aryl methyl sites for hydroxylation is 2. The highest BCUT2D eigenvalue weighted by molar-refractivity contribution is 6.22. The second-order valence-electron chi connectivity index (χ2n) is 6.38. The van der Waals surface area contributed by atoms with Crippen LogP contribution in [0, 0.1) is 5.41 Å². The van der Waals surface area contributed by atoms with Gasteiger partial charge in [-0.2, -0.15) is 0 Å². The quantitative estimate of drug-likeness (QED) is 0.612. The maximum absolute atomic E-state index is 6.69. The average Bonchev–Trinajstić information content (AvgIpc) is 2.73. The van der Waals surface area contributed by atoms with E-state index in [4.69, 9.17) is 11.6 Å². The number of hydrogen-bond acceptors (Lipinski definition) is 0. The van der Waals surface area contributed by atoms with Gasteiger partial charge in [-0.15, -0.1) is 11.6 Å². The highest BCUT2D eigenvalue weighted by atomic mass is 35.5. The van der Waals surface area contributed by atoms with E-state index in [-0.39, 0.29) is 10.8 Å². The van der Waals surface area contributed by atoms with Crippen molar-refractivity contribution < 1.29 is 0 Å². The molecule has 0 aromatic heterocycles. The van der Waals surface area contributed by atoms with E-state index >= 15 is 0 Å². The Hall–Kier alpha value is -1.01. The Morgan fingerprint density at radius 2 is 1.67 bits per heavy atom. The Labute approximate surface area is 114 Å². The zero-order valence-electron chi connectivity index (χ0n) is 11.3. The molecule has 0 fully saturated rings. The molecular formula is C17H19Cl. The summed E-state index contributed by atoms with van der Waals surface area (Å²) in [7, 11) is 0. The summed E-state index contributed by atoms with van der Waals surface area (Å²) in [5, 5.41) is 2.88. The molecule has 1 atom stereocenters. The maximum Gasteiger partial charge on any atom is 0.0639 e. The average molecular weight is 259 g/mol. The molecule has 1 aliphatic carbocycles. The van der Waals surface area contributed by atoms with Crippen molar-refractivity contribution >= 4 is 22.4 Å². The fourth-order valence-electron chi connectivity index (χ4n) is 2.96. The first-order valence-corrected chi connectivity index (χ1v) is 7.09. The Bertz CT molecular complexity index is 595. The van der Waals surface area contributed by atoms with Crippen molar-refractivity contribution in [1.82, 2.24) is 0 Å². The minimum atomic E-state index is 0.0578. The van der Waals surface area contributed by atoms with Gasteiger partial charge >= 0.3 is 0 Å². The van der Waals surface area contributed by atoms with Gasteiger partial charge in [0.1, 0.15) is 0 Å². The van der Waals surface area contributed by atoms with Crippen LogP contribution >= 0.6 is 11.6 Å². The molecule has 0 saturated carbocycles. The summed E-state index contributed by atoms with van der Waals surface area (Å²) in [6.45, 7) is 6.61. The van der Waals surface area contributed by atoms with Gasteiger partial charge in [-0.3, -0.25) is 0 Å². The topological polar surface area (TPSA) is 0 Å². The third kappa shape index (κ3) is 1.75. The maximum atomic E-state index is 6.69. The highest BCUT2D eigenvalue weighted by Gasteiger charge is 2.27. The van der Waals surface area contributed by atoms with E-state index in [1.807, 2.05) is 0 Å². The van der Waals surface area contributed by atoms with Crippen LogP contribution in [0.25, 0.3) is 10.8 Å². The molecule has 0 heterocycles. The monoisotopic (exact) mass is 258 g/mol. The first-order chi connectivity index (χ1) is 8.48. The molecule has 0 saturated heterocycles. The van der Waals surface area contributed by atoms with E-state index < -0.39 is 0 Å². The van der Waals surface area contributed by atoms with Gasteiger partial charge in [0.05, 0.1) is 5.38 Å². The molecule has 0 N–H and O–H groups in total. The zero-order chi connectivity index (χ0) is 12.9. The molecule has 0 radical (unpaired) electrons. The number of alkyl halides is 1. The van der Waals surface area contributed by atoms with Crippen LogP contribution in [0.3, 0.4) is 0 Å². The Balaban J connectivity index is 2.27. The molecule has 1 unspecified atom stereocenters. The first-order valence-electron chi connectivity index (χ1n) is 6.66. The Morgan fingerprint density at radius 1 is 1.00 bits per heavy atom. The van der Waals surface area contributed by atoms with Gasteiger partial charge in [0.15, 0.2) is 0 Å². The molecule has 0 amide bonds. The molecule has 94 valence electrons. The van der Waals surface area contributed by atoms with Crippen molar-refractivity contribution in [1.29, 1.82) is 0 Å². The predicted molar refractivity (Wildman–Crippen MR) is 79.4 cm³/mol. The lowest BCUT2D eigenvalue weighted by Gasteiger charge is -2.26. The van der Waals surface area contributed by atoms with Crippen LogP contribution in [0.15, 0.2) is 30.3 Å². The molecule has 1 heteroatoms. The molecule has 0 nitrogen and oxygen atoms in total. The largest absolute Gasteiger partial charge is 0.117 e. The van der Waals surface area contributed by atoms with Crippen molar-refractivity contribution in [3.8, 4) is 0 Å².